The molecule has 1 saturated heterocycles. The number of hydrogen-bond donors (Lipinski definition) is 1. The summed E-state index contributed by atoms with van der Waals surface area (Å²) in [5, 5.41) is 3.30. The van der Waals surface area contributed by atoms with Gasteiger partial charge in [0.25, 0.3) is 0 Å². The van der Waals surface area contributed by atoms with E-state index in [-0.39, 0.29) is 30.9 Å². The first-order valence-electron chi connectivity index (χ1n) is 5.68. The topological polar surface area (TPSA) is 15.3 Å². The zero-order chi connectivity index (χ0) is 11.1. The van der Waals surface area contributed by atoms with Gasteiger partial charge in [-0.1, -0.05) is 0 Å². The lowest BCUT2D eigenvalue weighted by molar-refractivity contribution is 0.151. The predicted octanol–water partition coefficient (Wildman–Crippen LogP) is 2.31. The van der Waals surface area contributed by atoms with Gasteiger partial charge in [-0.3, -0.25) is 4.90 Å². The van der Waals surface area contributed by atoms with E-state index in [9.17, 15) is 8.78 Å². The molecule has 0 saturated carbocycles. The Bertz CT molecular complexity index is 429. The second-order valence-electron chi connectivity index (χ2n) is 4.47. The molecule has 1 aromatic carbocycles. The molecule has 102 valence electrons. The molecule has 1 fully saturated rings. The van der Waals surface area contributed by atoms with Crippen molar-refractivity contribution in [1.82, 2.24) is 10.2 Å². The minimum Gasteiger partial charge on any atom is -0.314 e. The fourth-order valence-electron chi connectivity index (χ4n) is 2.71. The maximum absolute atomic E-state index is 13.3. The van der Waals surface area contributed by atoms with Gasteiger partial charge in [0.05, 0.1) is 0 Å². The summed E-state index contributed by atoms with van der Waals surface area (Å²) in [6.07, 6.45) is 0.822. The van der Waals surface area contributed by atoms with E-state index in [2.05, 4.69) is 10.2 Å². The fraction of sp³-hybridized carbons (Fsp3) is 0.500. The highest BCUT2D eigenvalue weighted by Crippen LogP contribution is 2.31. The van der Waals surface area contributed by atoms with E-state index in [0.29, 0.717) is 0 Å². The molecule has 2 nitrogen and oxygen atoms in total. The van der Waals surface area contributed by atoms with Gasteiger partial charge < -0.3 is 5.32 Å². The molecular weight excluding hydrogens is 281 g/mol. The Morgan fingerprint density at radius 3 is 2.61 bits per heavy atom. The molecule has 2 aliphatic heterocycles. The van der Waals surface area contributed by atoms with Crippen LogP contribution in [0, 0.1) is 11.6 Å². The van der Waals surface area contributed by atoms with Crippen molar-refractivity contribution in [3.63, 3.8) is 0 Å². The lowest BCUT2D eigenvalue weighted by atomic mass is 9.91. The maximum atomic E-state index is 13.3. The predicted molar refractivity (Wildman–Crippen MR) is 71.7 cm³/mol. The van der Waals surface area contributed by atoms with Crippen molar-refractivity contribution < 1.29 is 8.78 Å². The zero-order valence-corrected chi connectivity index (χ0v) is 11.4. The van der Waals surface area contributed by atoms with Crippen LogP contribution in [0.25, 0.3) is 0 Å². The molecule has 0 spiro atoms. The minimum atomic E-state index is -0.730. The number of piperazine rings is 1. The van der Waals surface area contributed by atoms with Crippen molar-refractivity contribution in [3.05, 3.63) is 34.9 Å². The molecule has 6 heteroatoms. The van der Waals surface area contributed by atoms with Crippen molar-refractivity contribution in [2.75, 3.05) is 26.2 Å². The van der Waals surface area contributed by atoms with Gasteiger partial charge in [0.15, 0.2) is 11.6 Å². The van der Waals surface area contributed by atoms with Gasteiger partial charge >= 0.3 is 0 Å². The molecule has 0 radical (unpaired) electrons. The SMILES string of the molecule is Cl.Cl.Fc1cc2c(cc1F)C1CNCCN1CC2. The van der Waals surface area contributed by atoms with Crippen LogP contribution in [0.1, 0.15) is 17.2 Å². The van der Waals surface area contributed by atoms with Crippen molar-refractivity contribution in [2.24, 2.45) is 0 Å². The van der Waals surface area contributed by atoms with Crippen molar-refractivity contribution >= 4 is 24.8 Å². The first-order valence-corrected chi connectivity index (χ1v) is 5.68. The third kappa shape index (κ3) is 2.62. The van der Waals surface area contributed by atoms with Crippen LogP contribution in [-0.2, 0) is 6.42 Å². The summed E-state index contributed by atoms with van der Waals surface area (Å²) in [7, 11) is 0. The molecule has 1 aromatic rings. The molecule has 3 rings (SSSR count). The molecule has 18 heavy (non-hydrogen) atoms. The second-order valence-corrected chi connectivity index (χ2v) is 4.47. The summed E-state index contributed by atoms with van der Waals surface area (Å²) < 4.78 is 26.4. The van der Waals surface area contributed by atoms with Gasteiger partial charge in [-0.05, 0) is 29.7 Å². The van der Waals surface area contributed by atoms with E-state index in [1.165, 1.54) is 12.1 Å². The third-order valence-electron chi connectivity index (χ3n) is 3.56. The number of nitrogens with zero attached hydrogens (tertiary/aromatic N) is 1. The quantitative estimate of drug-likeness (QED) is 0.790. The van der Waals surface area contributed by atoms with Crippen LogP contribution in [0.5, 0.6) is 0 Å². The van der Waals surface area contributed by atoms with Gasteiger partial charge in [0.1, 0.15) is 0 Å². The molecule has 0 amide bonds. The molecule has 0 aliphatic carbocycles. The molecule has 1 atom stereocenters. The van der Waals surface area contributed by atoms with Crippen LogP contribution in [0.4, 0.5) is 8.78 Å². The molecule has 2 aliphatic rings. The highest BCUT2D eigenvalue weighted by molar-refractivity contribution is 5.85. The standard InChI is InChI=1S/C12H14F2N2.2ClH/c13-10-5-8-1-3-16-4-2-15-7-12(16)9(8)6-11(10)14;;/h5-6,12,15H,1-4,7H2;2*1H. The molecular formula is C12H16Cl2F2N2. The number of hydrogen-bond acceptors (Lipinski definition) is 2. The van der Waals surface area contributed by atoms with Gasteiger partial charge in [-0.15, -0.1) is 24.8 Å². The minimum absolute atomic E-state index is 0. The number of halogens is 4. The Balaban J connectivity index is 0.000000810. The van der Waals surface area contributed by atoms with Crippen LogP contribution in [0.15, 0.2) is 12.1 Å². The largest absolute Gasteiger partial charge is 0.314 e. The summed E-state index contributed by atoms with van der Waals surface area (Å²) in [5.41, 5.74) is 1.92. The monoisotopic (exact) mass is 296 g/mol. The van der Waals surface area contributed by atoms with Crippen molar-refractivity contribution in [1.29, 1.82) is 0 Å². The molecule has 0 aromatic heterocycles. The first kappa shape index (κ1) is 15.6. The highest BCUT2D eigenvalue weighted by Gasteiger charge is 2.30. The van der Waals surface area contributed by atoms with Crippen LogP contribution in [0.3, 0.4) is 0 Å². The molecule has 1 unspecified atom stereocenters. The number of benzene rings is 1. The first-order chi connectivity index (χ1) is 7.75. The molecule has 0 bridgehead atoms. The smallest absolute Gasteiger partial charge is 0.159 e. The number of nitrogens with one attached hydrogen (secondary N) is 1. The third-order valence-corrected chi connectivity index (χ3v) is 3.56. The lowest BCUT2D eigenvalue weighted by Gasteiger charge is -2.40. The molecule has 2 heterocycles. The van der Waals surface area contributed by atoms with Gasteiger partial charge in [0, 0.05) is 32.2 Å². The summed E-state index contributed by atoms with van der Waals surface area (Å²) in [6.45, 7) is 3.75. The number of rotatable bonds is 0. The van der Waals surface area contributed by atoms with Crippen LogP contribution < -0.4 is 5.32 Å². The Labute approximate surface area is 118 Å². The average Bonchev–Trinajstić information content (AvgIpc) is 2.31. The van der Waals surface area contributed by atoms with Crippen LogP contribution in [-0.4, -0.2) is 31.1 Å². The summed E-state index contributed by atoms with van der Waals surface area (Å²) in [5.74, 6) is -1.46. The maximum Gasteiger partial charge on any atom is 0.159 e. The number of fused-ring (bicyclic) bond motifs is 3. The Morgan fingerprint density at radius 2 is 1.83 bits per heavy atom. The van der Waals surface area contributed by atoms with E-state index in [1.807, 2.05) is 0 Å². The van der Waals surface area contributed by atoms with Gasteiger partial charge in [-0.2, -0.15) is 0 Å². The Hall–Kier alpha value is -0.420. The van der Waals surface area contributed by atoms with E-state index in [4.69, 9.17) is 0 Å². The van der Waals surface area contributed by atoms with E-state index < -0.39 is 11.6 Å². The fourth-order valence-corrected chi connectivity index (χ4v) is 2.71. The lowest BCUT2D eigenvalue weighted by Crippen LogP contribution is -2.48. The normalized spacial score (nSPS) is 22.2. The Morgan fingerprint density at radius 1 is 1.11 bits per heavy atom. The molecule has 1 N–H and O–H groups in total. The Kier molecular flexibility index (Phi) is 5.34. The average molecular weight is 297 g/mol. The van der Waals surface area contributed by atoms with Crippen LogP contribution >= 0.6 is 24.8 Å². The van der Waals surface area contributed by atoms with Gasteiger partial charge in [0.2, 0.25) is 0 Å². The van der Waals surface area contributed by atoms with Crippen LogP contribution in [0.2, 0.25) is 0 Å². The van der Waals surface area contributed by atoms with Crippen molar-refractivity contribution in [2.45, 2.75) is 12.5 Å². The second kappa shape index (κ2) is 6.15. The van der Waals surface area contributed by atoms with E-state index in [0.717, 1.165) is 43.7 Å². The summed E-state index contributed by atoms with van der Waals surface area (Å²) in [4.78, 5) is 2.34. The van der Waals surface area contributed by atoms with Crippen molar-refractivity contribution in [3.8, 4) is 0 Å². The zero-order valence-electron chi connectivity index (χ0n) is 9.79. The van der Waals surface area contributed by atoms with E-state index in [1.54, 1.807) is 0 Å². The summed E-state index contributed by atoms with van der Waals surface area (Å²) >= 11 is 0. The highest BCUT2D eigenvalue weighted by atomic mass is 35.5. The summed E-state index contributed by atoms with van der Waals surface area (Å²) in [6, 6.07) is 2.94. The van der Waals surface area contributed by atoms with E-state index >= 15 is 0 Å². The van der Waals surface area contributed by atoms with Gasteiger partial charge in [-0.25, -0.2) is 8.78 Å².